The van der Waals surface area contributed by atoms with Gasteiger partial charge in [-0.15, -0.1) is 0 Å². The number of hydrogen-bond donors (Lipinski definition) is 0. The molecule has 0 N–H and O–H groups in total. The predicted octanol–water partition coefficient (Wildman–Crippen LogP) is 1.84. The Morgan fingerprint density at radius 2 is 1.61 bits per heavy atom. The fourth-order valence-corrected chi connectivity index (χ4v) is 4.26. The van der Waals surface area contributed by atoms with E-state index in [4.69, 9.17) is 21.1 Å². The van der Waals surface area contributed by atoms with E-state index >= 15 is 0 Å². The molecule has 0 spiro atoms. The molecule has 2 amide bonds. The lowest BCUT2D eigenvalue weighted by Crippen LogP contribution is -2.55. The van der Waals surface area contributed by atoms with Crippen LogP contribution in [0.4, 0.5) is 23.8 Å². The first kappa shape index (κ1) is 28.2. The molecule has 0 aliphatic carbocycles. The molecule has 0 saturated carbocycles. The monoisotopic (exact) mass is 557 g/mol. The van der Waals surface area contributed by atoms with Gasteiger partial charge in [0, 0.05) is 45.5 Å². The summed E-state index contributed by atoms with van der Waals surface area (Å²) in [5.74, 6) is -0.667. The van der Waals surface area contributed by atoms with Crippen LogP contribution in [0.15, 0.2) is 5.16 Å². The van der Waals surface area contributed by atoms with Gasteiger partial charge in [0.05, 0.1) is 6.10 Å². The van der Waals surface area contributed by atoms with Crippen LogP contribution in [-0.4, -0.2) is 104 Å². The van der Waals surface area contributed by atoms with Crippen molar-refractivity contribution in [2.45, 2.75) is 43.8 Å². The zero-order valence-electron chi connectivity index (χ0n) is 20.1. The molecule has 2 aliphatic heterocycles. The number of alkyl halides is 3. The lowest BCUT2D eigenvalue weighted by molar-refractivity contribution is -0.142. The normalized spacial score (nSPS) is 17.7. The van der Waals surface area contributed by atoms with Crippen molar-refractivity contribution >= 4 is 39.3 Å². The molecule has 0 atom stereocenters. The highest BCUT2D eigenvalue weighted by Gasteiger charge is 2.41. The lowest BCUT2D eigenvalue weighted by Gasteiger charge is -2.40. The molecule has 36 heavy (non-hydrogen) atoms. The summed E-state index contributed by atoms with van der Waals surface area (Å²) in [6, 6.07) is 0. The molecule has 2 saturated heterocycles. The fourth-order valence-electron chi connectivity index (χ4n) is 3.44. The standard InChI is InChI=1S/C20H27ClF3N5O6S/c1-19(2,3)35-18(31)28-7-5-27(6-8-28)13(30)11-34-12-9-29(10-12)16-14(21)15(20(22,23)24)25-17(26-16)36(4,32)33/h12H,5-11H2,1-4H3. The zero-order chi connectivity index (χ0) is 27.1. The number of carbonyl (C=O) groups excluding carboxylic acids is 2. The minimum Gasteiger partial charge on any atom is -0.444 e. The quantitative estimate of drug-likeness (QED) is 0.499. The third kappa shape index (κ3) is 6.88. The van der Waals surface area contributed by atoms with Gasteiger partial charge in [0.15, 0.2) is 11.5 Å². The summed E-state index contributed by atoms with van der Waals surface area (Å²) < 4.78 is 74.3. The van der Waals surface area contributed by atoms with E-state index in [0.717, 1.165) is 0 Å². The van der Waals surface area contributed by atoms with E-state index in [9.17, 15) is 31.2 Å². The molecule has 2 aliphatic rings. The van der Waals surface area contributed by atoms with Crippen LogP contribution in [0.5, 0.6) is 0 Å². The van der Waals surface area contributed by atoms with Crippen molar-refractivity contribution in [3.63, 3.8) is 0 Å². The molecule has 1 aromatic rings. The zero-order valence-corrected chi connectivity index (χ0v) is 21.7. The second-order valence-corrected chi connectivity index (χ2v) is 11.7. The van der Waals surface area contributed by atoms with Gasteiger partial charge >= 0.3 is 12.3 Å². The number of carbonyl (C=O) groups is 2. The fraction of sp³-hybridized carbons (Fsp3) is 0.700. The second kappa shape index (κ2) is 10.2. The largest absolute Gasteiger partial charge is 0.444 e. The van der Waals surface area contributed by atoms with Crippen LogP contribution < -0.4 is 4.90 Å². The topological polar surface area (TPSA) is 122 Å². The molecular weight excluding hydrogens is 531 g/mol. The summed E-state index contributed by atoms with van der Waals surface area (Å²) in [6.07, 6.45) is -5.23. The van der Waals surface area contributed by atoms with Gasteiger partial charge in [-0.05, 0) is 20.8 Å². The van der Waals surface area contributed by atoms with Gasteiger partial charge < -0.3 is 24.2 Å². The van der Waals surface area contributed by atoms with Gasteiger partial charge in [0.1, 0.15) is 17.2 Å². The second-order valence-electron chi connectivity index (χ2n) is 9.45. The van der Waals surface area contributed by atoms with E-state index < -0.39 is 49.7 Å². The van der Waals surface area contributed by atoms with Crippen molar-refractivity contribution in [1.29, 1.82) is 0 Å². The molecule has 3 rings (SSSR count). The lowest BCUT2D eigenvalue weighted by atomic mass is 10.1. The third-order valence-corrected chi connectivity index (χ3v) is 6.48. The summed E-state index contributed by atoms with van der Waals surface area (Å²) in [5.41, 5.74) is -2.16. The minimum absolute atomic E-state index is 0.0525. The number of aromatic nitrogens is 2. The number of piperazine rings is 1. The van der Waals surface area contributed by atoms with Gasteiger partial charge in [-0.3, -0.25) is 4.79 Å². The number of rotatable bonds is 5. The molecule has 1 aromatic heterocycles. The van der Waals surface area contributed by atoms with Crippen LogP contribution in [-0.2, 0) is 30.3 Å². The molecule has 2 fully saturated rings. The first-order chi connectivity index (χ1) is 16.5. The van der Waals surface area contributed by atoms with Gasteiger partial charge in [-0.25, -0.2) is 18.2 Å². The summed E-state index contributed by atoms with van der Waals surface area (Å²) >= 11 is 5.85. The molecule has 202 valence electrons. The Bertz CT molecular complexity index is 1110. The van der Waals surface area contributed by atoms with Crippen molar-refractivity contribution in [3.05, 3.63) is 10.7 Å². The predicted molar refractivity (Wildman–Crippen MR) is 121 cm³/mol. The Labute approximate surface area is 211 Å². The first-order valence-electron chi connectivity index (χ1n) is 10.9. The molecule has 0 radical (unpaired) electrons. The molecule has 3 heterocycles. The van der Waals surface area contributed by atoms with Crippen molar-refractivity contribution in [3.8, 4) is 0 Å². The molecule has 0 unspecified atom stereocenters. The number of hydrogen-bond acceptors (Lipinski definition) is 9. The van der Waals surface area contributed by atoms with E-state index in [-0.39, 0.29) is 31.4 Å². The Morgan fingerprint density at radius 1 is 1.06 bits per heavy atom. The Hall–Kier alpha value is -2.39. The van der Waals surface area contributed by atoms with Crippen LogP contribution in [0.25, 0.3) is 0 Å². The van der Waals surface area contributed by atoms with Gasteiger partial charge in [-0.1, -0.05) is 11.6 Å². The maximum Gasteiger partial charge on any atom is 0.435 e. The Morgan fingerprint density at radius 3 is 2.11 bits per heavy atom. The summed E-state index contributed by atoms with van der Waals surface area (Å²) in [4.78, 5) is 35.8. The van der Waals surface area contributed by atoms with Crippen LogP contribution >= 0.6 is 11.6 Å². The van der Waals surface area contributed by atoms with Crippen LogP contribution in [0.2, 0.25) is 5.02 Å². The average Bonchev–Trinajstić information content (AvgIpc) is 2.70. The van der Waals surface area contributed by atoms with E-state index in [1.165, 1.54) is 9.80 Å². The van der Waals surface area contributed by atoms with Crippen LogP contribution in [0, 0.1) is 0 Å². The Kier molecular flexibility index (Phi) is 7.96. The number of sulfone groups is 1. The molecule has 0 aromatic carbocycles. The van der Waals surface area contributed by atoms with E-state index in [1.54, 1.807) is 25.7 Å². The molecule has 16 heteroatoms. The minimum atomic E-state index is -4.98. The van der Waals surface area contributed by atoms with Crippen LogP contribution in [0.1, 0.15) is 26.5 Å². The van der Waals surface area contributed by atoms with E-state index in [0.29, 0.717) is 32.4 Å². The van der Waals surface area contributed by atoms with Crippen molar-refractivity contribution in [1.82, 2.24) is 19.8 Å². The number of anilines is 1. The average molecular weight is 558 g/mol. The van der Waals surface area contributed by atoms with Crippen LogP contribution in [0.3, 0.4) is 0 Å². The highest BCUT2D eigenvalue weighted by molar-refractivity contribution is 7.90. The SMILES string of the molecule is CC(C)(C)OC(=O)N1CCN(C(=O)COC2CN(c3nc(S(C)(=O)=O)nc(C(F)(F)F)c3Cl)C2)CC1. The number of amides is 2. The highest BCUT2D eigenvalue weighted by Crippen LogP contribution is 2.39. The summed E-state index contributed by atoms with van der Waals surface area (Å²) in [7, 11) is -4.13. The van der Waals surface area contributed by atoms with Crippen molar-refractivity contribution in [2.24, 2.45) is 0 Å². The summed E-state index contributed by atoms with van der Waals surface area (Å²) in [6.45, 7) is 6.39. The van der Waals surface area contributed by atoms with Crippen molar-refractivity contribution in [2.75, 3.05) is 57.0 Å². The maximum atomic E-state index is 13.3. The Balaban J connectivity index is 1.53. The third-order valence-electron chi connectivity index (χ3n) is 5.29. The molecule has 0 bridgehead atoms. The molecule has 11 nitrogen and oxygen atoms in total. The van der Waals surface area contributed by atoms with Crippen molar-refractivity contribution < 1.29 is 40.7 Å². The molecular formula is C20H27ClF3N5O6S. The number of halogens is 4. The van der Waals surface area contributed by atoms with E-state index in [1.807, 2.05) is 0 Å². The van der Waals surface area contributed by atoms with Gasteiger partial charge in [0.25, 0.3) is 0 Å². The van der Waals surface area contributed by atoms with Gasteiger partial charge in [-0.2, -0.15) is 18.2 Å². The van der Waals surface area contributed by atoms with Gasteiger partial charge in [0.2, 0.25) is 20.9 Å². The highest BCUT2D eigenvalue weighted by atomic mass is 35.5. The number of nitrogens with zero attached hydrogens (tertiary/aromatic N) is 5. The number of ether oxygens (including phenoxy) is 2. The first-order valence-corrected chi connectivity index (χ1v) is 13.2. The smallest absolute Gasteiger partial charge is 0.435 e. The van der Waals surface area contributed by atoms with E-state index in [2.05, 4.69) is 9.97 Å². The summed E-state index contributed by atoms with van der Waals surface area (Å²) in [5, 5.41) is -1.80. The maximum absolute atomic E-state index is 13.3.